The van der Waals surface area contributed by atoms with Crippen LogP contribution < -0.4 is 16.4 Å². The number of nitrogens with one attached hydrogen (secondary N) is 2. The van der Waals surface area contributed by atoms with Gasteiger partial charge in [-0.2, -0.15) is 5.10 Å². The van der Waals surface area contributed by atoms with Crippen LogP contribution in [0, 0.1) is 0 Å². The molecule has 3 aromatic rings. The molecule has 1 fully saturated rings. The van der Waals surface area contributed by atoms with Crippen LogP contribution >= 0.6 is 0 Å². The van der Waals surface area contributed by atoms with E-state index in [9.17, 15) is 14.7 Å². The smallest absolute Gasteiger partial charge is 0.255 e. The summed E-state index contributed by atoms with van der Waals surface area (Å²) in [5, 5.41) is 20.7. The summed E-state index contributed by atoms with van der Waals surface area (Å²) in [6.45, 7) is 2.94. The Balaban J connectivity index is 1.57. The number of amides is 2. The summed E-state index contributed by atoms with van der Waals surface area (Å²) < 4.78 is 1.94. The molecule has 8 nitrogen and oxygen atoms in total. The molecule has 1 aliphatic carbocycles. The number of rotatable bonds is 8. The van der Waals surface area contributed by atoms with Gasteiger partial charge in [0.15, 0.2) is 0 Å². The Hall–Kier alpha value is -3.81. The van der Waals surface area contributed by atoms with Crippen molar-refractivity contribution in [2.75, 3.05) is 11.9 Å². The number of anilines is 1. The van der Waals surface area contributed by atoms with Gasteiger partial charge in [0.05, 0.1) is 11.6 Å². The third kappa shape index (κ3) is 4.69. The second kappa shape index (κ2) is 9.77. The molecule has 172 valence electrons. The molecule has 33 heavy (non-hydrogen) atoms. The molecule has 0 unspecified atom stereocenters. The molecular formula is C25H29N5O3. The zero-order valence-electron chi connectivity index (χ0n) is 18.7. The van der Waals surface area contributed by atoms with Crippen LogP contribution in [-0.2, 0) is 6.54 Å². The molecule has 1 heterocycles. The number of nitrogens with zero attached hydrogens (tertiary/aromatic N) is 2. The number of aromatic nitrogens is 2. The number of hydrogen-bond donors (Lipinski definition) is 4. The predicted molar refractivity (Wildman–Crippen MR) is 127 cm³/mol. The second-order valence-electron chi connectivity index (χ2n) is 8.25. The van der Waals surface area contributed by atoms with Crippen molar-refractivity contribution in [1.29, 1.82) is 0 Å². The number of hydrogen-bond acceptors (Lipinski definition) is 5. The summed E-state index contributed by atoms with van der Waals surface area (Å²) in [6.07, 6.45) is 4.37. The molecule has 1 saturated carbocycles. The minimum absolute atomic E-state index is 0.0568. The van der Waals surface area contributed by atoms with E-state index in [2.05, 4.69) is 10.6 Å². The lowest BCUT2D eigenvalue weighted by Gasteiger charge is -2.15. The molecule has 2 amide bonds. The van der Waals surface area contributed by atoms with Crippen molar-refractivity contribution in [2.45, 2.75) is 45.2 Å². The summed E-state index contributed by atoms with van der Waals surface area (Å²) in [4.78, 5) is 24.7. The highest BCUT2D eigenvalue weighted by atomic mass is 16.3. The van der Waals surface area contributed by atoms with E-state index in [1.807, 2.05) is 35.9 Å². The van der Waals surface area contributed by atoms with E-state index >= 15 is 0 Å². The Bertz CT molecular complexity index is 1150. The molecule has 0 atom stereocenters. The van der Waals surface area contributed by atoms with Gasteiger partial charge in [-0.15, -0.1) is 0 Å². The van der Waals surface area contributed by atoms with E-state index in [1.165, 1.54) is 6.07 Å². The number of phenolic OH excluding ortho intramolecular Hbond substituents is 1. The average molecular weight is 448 g/mol. The van der Waals surface area contributed by atoms with Crippen LogP contribution in [0.4, 0.5) is 5.82 Å². The van der Waals surface area contributed by atoms with Gasteiger partial charge in [0.25, 0.3) is 11.8 Å². The topological polar surface area (TPSA) is 122 Å². The Kier molecular flexibility index (Phi) is 6.63. The number of primary amides is 1. The number of benzene rings is 2. The van der Waals surface area contributed by atoms with Crippen molar-refractivity contribution in [3.05, 3.63) is 65.2 Å². The van der Waals surface area contributed by atoms with Crippen molar-refractivity contribution >= 4 is 17.6 Å². The predicted octanol–water partition coefficient (Wildman–Crippen LogP) is 3.83. The zero-order valence-corrected chi connectivity index (χ0v) is 18.7. The molecular weight excluding hydrogens is 418 g/mol. The van der Waals surface area contributed by atoms with Crippen LogP contribution in [0.2, 0.25) is 0 Å². The second-order valence-corrected chi connectivity index (χ2v) is 8.25. The van der Waals surface area contributed by atoms with Crippen LogP contribution in [-0.4, -0.2) is 33.2 Å². The van der Waals surface area contributed by atoms with Crippen LogP contribution in [0.25, 0.3) is 11.3 Å². The van der Waals surface area contributed by atoms with Gasteiger partial charge >= 0.3 is 0 Å². The van der Waals surface area contributed by atoms with Crippen LogP contribution in [0.1, 0.15) is 64.9 Å². The Morgan fingerprint density at radius 3 is 2.45 bits per heavy atom. The fourth-order valence-electron chi connectivity index (χ4n) is 4.34. The first-order chi connectivity index (χ1) is 16.0. The van der Waals surface area contributed by atoms with Gasteiger partial charge in [-0.1, -0.05) is 49.2 Å². The maximum atomic E-state index is 12.4. The van der Waals surface area contributed by atoms with Crippen molar-refractivity contribution in [1.82, 2.24) is 15.1 Å². The molecule has 5 N–H and O–H groups in total. The van der Waals surface area contributed by atoms with Gasteiger partial charge in [0, 0.05) is 18.7 Å². The monoisotopic (exact) mass is 447 g/mol. The van der Waals surface area contributed by atoms with E-state index in [4.69, 9.17) is 10.8 Å². The lowest BCUT2D eigenvalue weighted by atomic mass is 10.0. The molecule has 1 aliphatic rings. The Morgan fingerprint density at radius 1 is 1.12 bits per heavy atom. The van der Waals surface area contributed by atoms with Gasteiger partial charge in [-0.3, -0.25) is 9.59 Å². The lowest BCUT2D eigenvalue weighted by molar-refractivity contribution is 0.0947. The quantitative estimate of drug-likeness (QED) is 0.418. The highest BCUT2D eigenvalue weighted by Gasteiger charge is 2.28. The average Bonchev–Trinajstić information content (AvgIpc) is 3.46. The summed E-state index contributed by atoms with van der Waals surface area (Å²) in [6, 6.07) is 14.2. The van der Waals surface area contributed by atoms with Gasteiger partial charge in [0.2, 0.25) is 0 Å². The molecule has 4 rings (SSSR count). The van der Waals surface area contributed by atoms with E-state index < -0.39 is 5.91 Å². The summed E-state index contributed by atoms with van der Waals surface area (Å²) in [5.41, 5.74) is 8.64. The maximum Gasteiger partial charge on any atom is 0.255 e. The Labute approximate surface area is 192 Å². The van der Waals surface area contributed by atoms with Crippen LogP contribution in [0.3, 0.4) is 0 Å². The van der Waals surface area contributed by atoms with E-state index in [-0.39, 0.29) is 23.3 Å². The van der Waals surface area contributed by atoms with Gasteiger partial charge in [-0.05, 0) is 37.5 Å². The minimum Gasteiger partial charge on any atom is -0.507 e. The molecule has 0 radical (unpaired) electrons. The maximum absolute atomic E-state index is 12.4. The fourth-order valence-corrected chi connectivity index (χ4v) is 4.34. The highest BCUT2D eigenvalue weighted by molar-refractivity contribution is 6.03. The fraction of sp³-hybridized carbons (Fsp3) is 0.320. The minimum atomic E-state index is -0.510. The molecule has 1 aromatic heterocycles. The van der Waals surface area contributed by atoms with Crippen molar-refractivity contribution < 1.29 is 14.7 Å². The summed E-state index contributed by atoms with van der Waals surface area (Å²) >= 11 is 0. The zero-order chi connectivity index (χ0) is 23.4. The highest BCUT2D eigenvalue weighted by Crippen LogP contribution is 2.36. The Morgan fingerprint density at radius 2 is 1.82 bits per heavy atom. The third-order valence-electron chi connectivity index (χ3n) is 6.00. The van der Waals surface area contributed by atoms with E-state index in [0.29, 0.717) is 30.2 Å². The van der Waals surface area contributed by atoms with E-state index in [1.54, 1.807) is 18.2 Å². The number of phenols is 1. The number of carbonyl (C=O) groups is 2. The third-order valence-corrected chi connectivity index (χ3v) is 6.00. The number of aromatic hydroxyl groups is 1. The van der Waals surface area contributed by atoms with Crippen LogP contribution in [0.15, 0.2) is 48.5 Å². The van der Waals surface area contributed by atoms with Gasteiger partial charge in [0.1, 0.15) is 22.8 Å². The van der Waals surface area contributed by atoms with Gasteiger partial charge in [-0.25, -0.2) is 4.68 Å². The van der Waals surface area contributed by atoms with Crippen molar-refractivity contribution in [2.24, 2.45) is 5.73 Å². The largest absolute Gasteiger partial charge is 0.507 e. The summed E-state index contributed by atoms with van der Waals surface area (Å²) in [5.74, 6) is -0.229. The molecule has 2 aromatic carbocycles. The first-order valence-corrected chi connectivity index (χ1v) is 11.3. The molecule has 0 bridgehead atoms. The lowest BCUT2D eigenvalue weighted by Crippen LogP contribution is -2.22. The van der Waals surface area contributed by atoms with Crippen molar-refractivity contribution in [3.63, 3.8) is 0 Å². The van der Waals surface area contributed by atoms with Crippen LogP contribution in [0.5, 0.6) is 5.75 Å². The SMILES string of the molecule is CCNc1c(C(N)=O)c(-c2ccc(CNC(=O)c3ccccc3O)cc2)nn1C1CCCC1. The molecule has 0 spiro atoms. The summed E-state index contributed by atoms with van der Waals surface area (Å²) in [7, 11) is 0. The van der Waals surface area contributed by atoms with E-state index in [0.717, 1.165) is 36.8 Å². The van der Waals surface area contributed by atoms with Crippen molar-refractivity contribution in [3.8, 4) is 17.0 Å². The number of para-hydroxylation sites is 1. The first-order valence-electron chi connectivity index (χ1n) is 11.3. The normalized spacial score (nSPS) is 13.7. The van der Waals surface area contributed by atoms with Gasteiger partial charge < -0.3 is 21.5 Å². The molecule has 8 heteroatoms. The first kappa shape index (κ1) is 22.4. The standard InChI is InChI=1S/C25H29N5O3/c1-2-27-24-21(23(26)32)22(29-30(24)18-7-3-4-8-18)17-13-11-16(12-14-17)15-28-25(33)19-9-5-6-10-20(19)31/h5-6,9-14,18,27,31H,2-4,7-8,15H2,1H3,(H2,26,32)(H,28,33). The number of carbonyl (C=O) groups excluding carboxylic acids is 2. The molecule has 0 saturated heterocycles. The number of nitrogens with two attached hydrogens (primary N) is 1. The molecule has 0 aliphatic heterocycles.